The van der Waals surface area contributed by atoms with Crippen molar-refractivity contribution in [3.05, 3.63) is 34.3 Å². The normalized spacial score (nSPS) is 10.5. The number of amides is 1. The first kappa shape index (κ1) is 12.1. The average molecular weight is 226 g/mol. The lowest BCUT2D eigenvalue weighted by Crippen LogP contribution is -2.27. The standard InChI is InChI=1S/C12H16ClNO/c1-8(2)12(15)14-7-10-5-4-6-11(13)9(10)3/h4-6,8H,7H2,1-3H3,(H,14,15). The van der Waals surface area contributed by atoms with Gasteiger partial charge in [-0.05, 0) is 24.1 Å². The Hall–Kier alpha value is -1.02. The topological polar surface area (TPSA) is 29.1 Å². The number of hydrogen-bond donors (Lipinski definition) is 1. The summed E-state index contributed by atoms with van der Waals surface area (Å²) >= 11 is 5.98. The number of carbonyl (C=O) groups is 1. The largest absolute Gasteiger partial charge is 0.352 e. The minimum absolute atomic E-state index is 0.0180. The second-order valence-electron chi connectivity index (χ2n) is 3.90. The van der Waals surface area contributed by atoms with Gasteiger partial charge in [0, 0.05) is 17.5 Å². The molecule has 0 unspecified atom stereocenters. The van der Waals surface area contributed by atoms with Crippen molar-refractivity contribution in [3.63, 3.8) is 0 Å². The third kappa shape index (κ3) is 3.24. The van der Waals surface area contributed by atoms with Crippen molar-refractivity contribution in [2.24, 2.45) is 5.92 Å². The number of benzene rings is 1. The maximum absolute atomic E-state index is 11.4. The summed E-state index contributed by atoms with van der Waals surface area (Å²) < 4.78 is 0. The van der Waals surface area contributed by atoms with Gasteiger partial charge in [-0.1, -0.05) is 37.6 Å². The molecule has 0 aliphatic heterocycles. The Kier molecular flexibility index (Phi) is 4.15. The molecule has 1 amide bonds. The maximum Gasteiger partial charge on any atom is 0.222 e. The lowest BCUT2D eigenvalue weighted by molar-refractivity contribution is -0.124. The van der Waals surface area contributed by atoms with Crippen molar-refractivity contribution >= 4 is 17.5 Å². The predicted octanol–water partition coefficient (Wildman–Crippen LogP) is 2.92. The first-order valence-electron chi connectivity index (χ1n) is 5.04. The first-order valence-corrected chi connectivity index (χ1v) is 5.42. The molecule has 1 rings (SSSR count). The van der Waals surface area contributed by atoms with Crippen LogP contribution in [0.3, 0.4) is 0 Å². The highest BCUT2D eigenvalue weighted by molar-refractivity contribution is 6.31. The van der Waals surface area contributed by atoms with E-state index in [0.29, 0.717) is 6.54 Å². The van der Waals surface area contributed by atoms with Gasteiger partial charge < -0.3 is 5.32 Å². The number of rotatable bonds is 3. The molecule has 3 heteroatoms. The number of carbonyl (C=O) groups excluding carboxylic acids is 1. The van der Waals surface area contributed by atoms with E-state index >= 15 is 0 Å². The molecule has 2 nitrogen and oxygen atoms in total. The number of nitrogens with one attached hydrogen (secondary N) is 1. The van der Waals surface area contributed by atoms with Gasteiger partial charge in [0.05, 0.1) is 0 Å². The van der Waals surface area contributed by atoms with Crippen molar-refractivity contribution in [1.29, 1.82) is 0 Å². The molecular weight excluding hydrogens is 210 g/mol. The molecule has 82 valence electrons. The van der Waals surface area contributed by atoms with E-state index in [2.05, 4.69) is 5.32 Å². The minimum Gasteiger partial charge on any atom is -0.352 e. The van der Waals surface area contributed by atoms with Gasteiger partial charge in [0.15, 0.2) is 0 Å². The first-order chi connectivity index (χ1) is 7.02. The summed E-state index contributed by atoms with van der Waals surface area (Å²) in [7, 11) is 0. The summed E-state index contributed by atoms with van der Waals surface area (Å²) in [5.41, 5.74) is 2.10. The van der Waals surface area contributed by atoms with E-state index in [0.717, 1.165) is 16.1 Å². The van der Waals surface area contributed by atoms with Gasteiger partial charge >= 0.3 is 0 Å². The zero-order valence-electron chi connectivity index (χ0n) is 9.30. The molecule has 0 saturated carbocycles. The van der Waals surface area contributed by atoms with Crippen molar-refractivity contribution in [3.8, 4) is 0 Å². The second kappa shape index (κ2) is 5.17. The fourth-order valence-corrected chi connectivity index (χ4v) is 1.42. The van der Waals surface area contributed by atoms with Crippen molar-refractivity contribution in [1.82, 2.24) is 5.32 Å². The van der Waals surface area contributed by atoms with Gasteiger partial charge in [-0.25, -0.2) is 0 Å². The molecule has 0 radical (unpaired) electrons. The van der Waals surface area contributed by atoms with Gasteiger partial charge in [-0.3, -0.25) is 4.79 Å². The summed E-state index contributed by atoms with van der Waals surface area (Å²) in [6, 6.07) is 5.72. The van der Waals surface area contributed by atoms with E-state index in [1.807, 2.05) is 39.0 Å². The van der Waals surface area contributed by atoms with E-state index in [1.165, 1.54) is 0 Å². The molecule has 0 saturated heterocycles. The van der Waals surface area contributed by atoms with Crippen LogP contribution in [0.4, 0.5) is 0 Å². The van der Waals surface area contributed by atoms with Crippen LogP contribution in [0, 0.1) is 12.8 Å². The number of hydrogen-bond acceptors (Lipinski definition) is 1. The smallest absolute Gasteiger partial charge is 0.222 e. The fourth-order valence-electron chi connectivity index (χ4n) is 1.23. The Bertz CT molecular complexity index is 361. The van der Waals surface area contributed by atoms with Crippen LogP contribution in [0.25, 0.3) is 0 Å². The van der Waals surface area contributed by atoms with E-state index in [9.17, 15) is 4.79 Å². The molecule has 0 fully saturated rings. The van der Waals surface area contributed by atoms with Crippen LogP contribution in [0.5, 0.6) is 0 Å². The highest BCUT2D eigenvalue weighted by Crippen LogP contribution is 2.18. The average Bonchev–Trinajstić information content (AvgIpc) is 2.19. The molecule has 1 aromatic rings. The highest BCUT2D eigenvalue weighted by atomic mass is 35.5. The van der Waals surface area contributed by atoms with Crippen molar-refractivity contribution in [2.75, 3.05) is 0 Å². The van der Waals surface area contributed by atoms with Crippen LogP contribution < -0.4 is 5.32 Å². The van der Waals surface area contributed by atoms with Crippen molar-refractivity contribution < 1.29 is 4.79 Å². The van der Waals surface area contributed by atoms with Crippen LogP contribution >= 0.6 is 11.6 Å². The van der Waals surface area contributed by atoms with Crippen LogP contribution in [-0.2, 0) is 11.3 Å². The van der Waals surface area contributed by atoms with Gasteiger partial charge in [0.25, 0.3) is 0 Å². The molecule has 0 aliphatic rings. The third-order valence-electron chi connectivity index (χ3n) is 2.36. The molecule has 0 bridgehead atoms. The quantitative estimate of drug-likeness (QED) is 0.842. The van der Waals surface area contributed by atoms with Gasteiger partial charge in [-0.2, -0.15) is 0 Å². The Morgan fingerprint density at radius 3 is 2.73 bits per heavy atom. The molecule has 15 heavy (non-hydrogen) atoms. The minimum atomic E-state index is 0.0180. The summed E-state index contributed by atoms with van der Waals surface area (Å²) in [6.45, 7) is 6.25. The molecule has 0 heterocycles. The van der Waals surface area contributed by atoms with Crippen molar-refractivity contribution in [2.45, 2.75) is 27.3 Å². The van der Waals surface area contributed by atoms with Gasteiger partial charge in [-0.15, -0.1) is 0 Å². The predicted molar refractivity (Wildman–Crippen MR) is 62.9 cm³/mol. The highest BCUT2D eigenvalue weighted by Gasteiger charge is 2.07. The van der Waals surface area contributed by atoms with Crippen LogP contribution in [0.1, 0.15) is 25.0 Å². The molecular formula is C12H16ClNO. The lowest BCUT2D eigenvalue weighted by atomic mass is 10.1. The molecule has 0 atom stereocenters. The SMILES string of the molecule is Cc1c(Cl)cccc1CNC(=O)C(C)C. The fraction of sp³-hybridized carbons (Fsp3) is 0.417. The summed E-state index contributed by atoms with van der Waals surface area (Å²) in [5.74, 6) is 0.0823. The monoisotopic (exact) mass is 225 g/mol. The Morgan fingerprint density at radius 2 is 2.13 bits per heavy atom. The summed E-state index contributed by atoms with van der Waals surface area (Å²) in [6.07, 6.45) is 0. The summed E-state index contributed by atoms with van der Waals surface area (Å²) in [4.78, 5) is 11.4. The lowest BCUT2D eigenvalue weighted by Gasteiger charge is -2.10. The molecule has 0 spiro atoms. The van der Waals surface area contributed by atoms with E-state index in [4.69, 9.17) is 11.6 Å². The van der Waals surface area contributed by atoms with Crippen LogP contribution in [0.15, 0.2) is 18.2 Å². The Balaban J connectivity index is 2.66. The second-order valence-corrected chi connectivity index (χ2v) is 4.30. The Morgan fingerprint density at radius 1 is 1.47 bits per heavy atom. The molecule has 0 aromatic heterocycles. The van der Waals surface area contributed by atoms with Gasteiger partial charge in [0.2, 0.25) is 5.91 Å². The van der Waals surface area contributed by atoms with E-state index in [-0.39, 0.29) is 11.8 Å². The maximum atomic E-state index is 11.4. The Labute approximate surface area is 95.6 Å². The zero-order valence-corrected chi connectivity index (χ0v) is 10.1. The third-order valence-corrected chi connectivity index (χ3v) is 2.77. The number of halogens is 1. The summed E-state index contributed by atoms with van der Waals surface area (Å²) in [5, 5.41) is 3.61. The zero-order chi connectivity index (χ0) is 11.4. The van der Waals surface area contributed by atoms with E-state index in [1.54, 1.807) is 0 Å². The molecule has 1 N–H and O–H groups in total. The molecule has 0 aliphatic carbocycles. The van der Waals surface area contributed by atoms with Crippen LogP contribution in [-0.4, -0.2) is 5.91 Å². The van der Waals surface area contributed by atoms with Crippen LogP contribution in [0.2, 0.25) is 5.02 Å². The molecule has 1 aromatic carbocycles. The van der Waals surface area contributed by atoms with Gasteiger partial charge in [0.1, 0.15) is 0 Å². The van der Waals surface area contributed by atoms with E-state index < -0.39 is 0 Å².